The van der Waals surface area contributed by atoms with E-state index < -0.39 is 17.5 Å². The predicted molar refractivity (Wildman–Crippen MR) is 110 cm³/mol. The Balaban J connectivity index is 1.52. The zero-order valence-electron chi connectivity index (χ0n) is 16.5. The van der Waals surface area contributed by atoms with E-state index >= 15 is 0 Å². The highest BCUT2D eigenvalue weighted by Crippen LogP contribution is 2.32. The van der Waals surface area contributed by atoms with Crippen LogP contribution in [-0.4, -0.2) is 21.0 Å². The van der Waals surface area contributed by atoms with Crippen LogP contribution in [0.2, 0.25) is 0 Å². The number of halogens is 2. The predicted octanol–water partition coefficient (Wildman–Crippen LogP) is 4.92. The third kappa shape index (κ3) is 4.58. The number of carbonyl (C=O) groups excluding carboxylic acids is 1. The van der Waals surface area contributed by atoms with Crippen LogP contribution in [0.3, 0.4) is 0 Å². The number of benzene rings is 2. The number of ether oxygens (including phenoxy) is 1. The number of aromatic nitrogens is 3. The molecule has 0 aliphatic rings. The molecule has 0 spiro atoms. The fraction of sp³-hybridized carbons (Fsp3) is 0.143. The Labute approximate surface area is 179 Å². The number of rotatable bonds is 6. The van der Waals surface area contributed by atoms with Crippen LogP contribution in [0.4, 0.5) is 13.9 Å². The minimum absolute atomic E-state index is 0.0400. The first-order chi connectivity index (χ1) is 14.9. The third-order valence-corrected chi connectivity index (χ3v) is 5.15. The molecule has 0 atom stereocenters. The fourth-order valence-electron chi connectivity index (χ4n) is 2.85. The molecule has 4 aromatic rings. The lowest BCUT2D eigenvalue weighted by Crippen LogP contribution is -2.13. The van der Waals surface area contributed by atoms with Gasteiger partial charge in [-0.3, -0.25) is 10.1 Å². The maximum atomic E-state index is 13.6. The lowest BCUT2D eigenvalue weighted by atomic mass is 10.1. The van der Waals surface area contributed by atoms with E-state index in [1.165, 1.54) is 17.4 Å². The number of anilines is 1. The zero-order chi connectivity index (χ0) is 22.0. The van der Waals surface area contributed by atoms with E-state index in [4.69, 9.17) is 9.26 Å². The molecule has 0 radical (unpaired) electrons. The monoisotopic (exact) mass is 442 g/mol. The van der Waals surface area contributed by atoms with Crippen LogP contribution in [0.15, 0.2) is 47.0 Å². The van der Waals surface area contributed by atoms with Crippen LogP contribution in [0.5, 0.6) is 5.75 Å². The van der Waals surface area contributed by atoms with Crippen LogP contribution < -0.4 is 10.1 Å². The van der Waals surface area contributed by atoms with Gasteiger partial charge in [0.2, 0.25) is 11.7 Å². The molecule has 7 nitrogen and oxygen atoms in total. The van der Waals surface area contributed by atoms with Gasteiger partial charge in [0.25, 0.3) is 5.91 Å². The second-order valence-corrected chi connectivity index (χ2v) is 7.72. The first kappa shape index (κ1) is 20.6. The van der Waals surface area contributed by atoms with Gasteiger partial charge in [0.1, 0.15) is 5.75 Å². The van der Waals surface area contributed by atoms with Crippen molar-refractivity contribution in [2.24, 2.45) is 0 Å². The summed E-state index contributed by atoms with van der Waals surface area (Å²) < 4.78 is 37.4. The molecule has 0 unspecified atom stereocenters. The summed E-state index contributed by atoms with van der Waals surface area (Å²) in [5.74, 6) is -1.20. The Kier molecular flexibility index (Phi) is 5.72. The van der Waals surface area contributed by atoms with E-state index in [0.29, 0.717) is 39.4 Å². The standard InChI is InChI=1S/C21H16F2N4O3S/c1-11-19(13-7-8-15(22)16(23)9-13)25-21(31-11)26-20(28)14-5-3-4-6-17(14)29-10-18-24-12(2)30-27-18/h3-9H,10H2,1-2H3,(H,25,26,28). The summed E-state index contributed by atoms with van der Waals surface area (Å²) in [4.78, 5) is 22.0. The van der Waals surface area contributed by atoms with Gasteiger partial charge in [0, 0.05) is 17.4 Å². The molecule has 0 saturated carbocycles. The molecule has 0 aliphatic carbocycles. The van der Waals surface area contributed by atoms with Gasteiger partial charge in [-0.2, -0.15) is 4.98 Å². The minimum atomic E-state index is -0.960. The quantitative estimate of drug-likeness (QED) is 0.456. The average molecular weight is 442 g/mol. The zero-order valence-corrected chi connectivity index (χ0v) is 17.3. The second-order valence-electron chi connectivity index (χ2n) is 6.52. The number of carbonyl (C=O) groups is 1. The van der Waals surface area contributed by atoms with Crippen molar-refractivity contribution in [3.05, 3.63) is 76.3 Å². The second kappa shape index (κ2) is 8.60. The first-order valence-electron chi connectivity index (χ1n) is 9.16. The van der Waals surface area contributed by atoms with Gasteiger partial charge in [-0.05, 0) is 37.3 Å². The highest BCUT2D eigenvalue weighted by molar-refractivity contribution is 7.16. The molecule has 2 heterocycles. The lowest BCUT2D eigenvalue weighted by molar-refractivity contribution is 0.102. The van der Waals surface area contributed by atoms with Crippen LogP contribution in [-0.2, 0) is 6.61 Å². The lowest BCUT2D eigenvalue weighted by Gasteiger charge is -2.09. The van der Waals surface area contributed by atoms with E-state index in [1.54, 1.807) is 38.1 Å². The van der Waals surface area contributed by atoms with Crippen molar-refractivity contribution in [1.29, 1.82) is 0 Å². The molecule has 10 heteroatoms. The van der Waals surface area contributed by atoms with Crippen molar-refractivity contribution in [2.45, 2.75) is 20.5 Å². The van der Waals surface area contributed by atoms with Crippen molar-refractivity contribution < 1.29 is 22.8 Å². The molecular weight excluding hydrogens is 426 g/mol. The van der Waals surface area contributed by atoms with E-state index in [1.807, 2.05) is 0 Å². The number of para-hydroxylation sites is 1. The van der Waals surface area contributed by atoms with Crippen LogP contribution in [0.25, 0.3) is 11.3 Å². The number of nitrogens with zero attached hydrogens (tertiary/aromatic N) is 3. The van der Waals surface area contributed by atoms with Crippen molar-refractivity contribution in [2.75, 3.05) is 5.32 Å². The maximum absolute atomic E-state index is 13.6. The van der Waals surface area contributed by atoms with Crippen molar-refractivity contribution in [3.8, 4) is 17.0 Å². The van der Waals surface area contributed by atoms with Gasteiger partial charge in [-0.25, -0.2) is 13.8 Å². The summed E-state index contributed by atoms with van der Waals surface area (Å²) in [5.41, 5.74) is 1.19. The number of hydrogen-bond acceptors (Lipinski definition) is 7. The molecule has 0 fully saturated rings. The van der Waals surface area contributed by atoms with Crippen LogP contribution in [0, 0.1) is 25.5 Å². The van der Waals surface area contributed by atoms with E-state index in [2.05, 4.69) is 20.4 Å². The Hall–Kier alpha value is -3.66. The molecule has 1 N–H and O–H groups in total. The molecule has 31 heavy (non-hydrogen) atoms. The Morgan fingerprint density at radius 3 is 2.68 bits per heavy atom. The third-order valence-electron chi connectivity index (χ3n) is 4.27. The summed E-state index contributed by atoms with van der Waals surface area (Å²) in [7, 11) is 0. The number of thiazole rings is 1. The average Bonchev–Trinajstić information content (AvgIpc) is 3.33. The molecule has 2 aromatic carbocycles. The van der Waals surface area contributed by atoms with Gasteiger partial charge >= 0.3 is 0 Å². The Morgan fingerprint density at radius 2 is 1.94 bits per heavy atom. The van der Waals surface area contributed by atoms with Crippen molar-refractivity contribution in [3.63, 3.8) is 0 Å². The molecule has 0 bridgehead atoms. The van der Waals surface area contributed by atoms with Crippen LogP contribution >= 0.6 is 11.3 Å². The summed E-state index contributed by atoms with van der Waals surface area (Å²) in [6, 6.07) is 10.3. The van der Waals surface area contributed by atoms with Crippen molar-refractivity contribution in [1.82, 2.24) is 15.1 Å². The van der Waals surface area contributed by atoms with Crippen LogP contribution in [0.1, 0.15) is 27.0 Å². The number of aryl methyl sites for hydroxylation is 2. The fourth-order valence-corrected chi connectivity index (χ4v) is 3.68. The highest BCUT2D eigenvalue weighted by atomic mass is 32.1. The molecule has 2 aromatic heterocycles. The molecular formula is C21H16F2N4O3S. The summed E-state index contributed by atoms with van der Waals surface area (Å²) in [5, 5.41) is 6.81. The summed E-state index contributed by atoms with van der Waals surface area (Å²) >= 11 is 1.23. The Morgan fingerprint density at radius 1 is 1.13 bits per heavy atom. The summed E-state index contributed by atoms with van der Waals surface area (Å²) in [6.07, 6.45) is 0. The minimum Gasteiger partial charge on any atom is -0.485 e. The molecule has 1 amide bonds. The van der Waals surface area contributed by atoms with Gasteiger partial charge in [-0.1, -0.05) is 17.3 Å². The SMILES string of the molecule is Cc1nc(COc2ccccc2C(=O)Nc2nc(-c3ccc(F)c(F)c3)c(C)s2)no1. The number of amides is 1. The van der Waals surface area contributed by atoms with Gasteiger partial charge in [0.05, 0.1) is 11.3 Å². The Bertz CT molecular complexity index is 1260. The smallest absolute Gasteiger partial charge is 0.261 e. The largest absolute Gasteiger partial charge is 0.485 e. The van der Waals surface area contributed by atoms with Gasteiger partial charge in [0.15, 0.2) is 23.4 Å². The van der Waals surface area contributed by atoms with E-state index in [9.17, 15) is 13.6 Å². The number of hydrogen-bond donors (Lipinski definition) is 1. The molecule has 158 valence electrons. The van der Waals surface area contributed by atoms with Gasteiger partial charge in [-0.15, -0.1) is 11.3 Å². The highest BCUT2D eigenvalue weighted by Gasteiger charge is 2.17. The van der Waals surface area contributed by atoms with E-state index in [-0.39, 0.29) is 6.61 Å². The topological polar surface area (TPSA) is 90.1 Å². The normalized spacial score (nSPS) is 10.8. The van der Waals surface area contributed by atoms with Crippen molar-refractivity contribution >= 4 is 22.4 Å². The molecule has 0 saturated heterocycles. The molecule has 0 aliphatic heterocycles. The van der Waals surface area contributed by atoms with Gasteiger partial charge < -0.3 is 9.26 Å². The maximum Gasteiger partial charge on any atom is 0.261 e. The number of nitrogens with one attached hydrogen (secondary N) is 1. The van der Waals surface area contributed by atoms with E-state index in [0.717, 1.165) is 17.0 Å². The summed E-state index contributed by atoms with van der Waals surface area (Å²) in [6.45, 7) is 3.49. The molecule has 4 rings (SSSR count). The first-order valence-corrected chi connectivity index (χ1v) is 9.97.